The Bertz CT molecular complexity index is 581. The van der Waals surface area contributed by atoms with E-state index in [4.69, 9.17) is 5.11 Å². The van der Waals surface area contributed by atoms with Gasteiger partial charge in [-0.25, -0.2) is 9.78 Å². The molecule has 0 bridgehead atoms. The molecule has 1 aromatic heterocycles. The second kappa shape index (κ2) is 4.54. The highest BCUT2D eigenvalue weighted by molar-refractivity contribution is 7.16. The lowest BCUT2D eigenvalue weighted by atomic mass is 10.3. The number of aliphatic hydroxyl groups is 1. The molecule has 0 saturated carbocycles. The first-order valence-corrected chi connectivity index (χ1v) is 5.55. The Hall–Kier alpha value is -1.67. The van der Waals surface area contributed by atoms with Gasteiger partial charge in [0, 0.05) is 6.07 Å². The van der Waals surface area contributed by atoms with Crippen molar-refractivity contribution in [2.75, 3.05) is 0 Å². The average molecular weight is 277 g/mol. The Labute approximate surface area is 103 Å². The van der Waals surface area contributed by atoms with Gasteiger partial charge in [-0.05, 0) is 12.1 Å². The number of hydrogen-bond donors (Lipinski definition) is 1. The number of thiazole rings is 1. The van der Waals surface area contributed by atoms with Crippen LogP contribution in [0.2, 0.25) is 0 Å². The molecule has 1 unspecified atom stereocenters. The van der Waals surface area contributed by atoms with Gasteiger partial charge in [0.2, 0.25) is 6.10 Å². The number of hydrogen-bond acceptors (Lipinski definition) is 5. The van der Waals surface area contributed by atoms with E-state index in [0.29, 0.717) is 10.2 Å². The summed E-state index contributed by atoms with van der Waals surface area (Å²) in [6.07, 6.45) is -8.18. The maximum Gasteiger partial charge on any atom is 0.425 e. The Morgan fingerprint density at radius 1 is 1.44 bits per heavy atom. The monoisotopic (exact) mass is 277 g/mol. The molecule has 0 amide bonds. The first kappa shape index (κ1) is 12.8. The van der Waals surface area contributed by atoms with E-state index in [9.17, 15) is 18.0 Å². The molecule has 0 aliphatic carbocycles. The molecule has 0 saturated heterocycles. The number of nitrogens with zero attached hydrogens (tertiary/aromatic N) is 1. The molecule has 1 atom stereocenters. The van der Waals surface area contributed by atoms with Gasteiger partial charge in [0.25, 0.3) is 0 Å². The maximum atomic E-state index is 12.0. The average Bonchev–Trinajstić information content (AvgIpc) is 2.73. The molecule has 0 spiro atoms. The molecular formula is C10H6F3NO3S. The van der Waals surface area contributed by atoms with Crippen molar-refractivity contribution in [2.45, 2.75) is 12.3 Å². The molecular weight excluding hydrogens is 271 g/mol. The normalized spacial score (nSPS) is 13.6. The fourth-order valence-electron chi connectivity index (χ4n) is 1.20. The second-order valence-corrected chi connectivity index (χ2v) is 4.23. The highest BCUT2D eigenvalue weighted by Crippen LogP contribution is 2.25. The summed E-state index contributed by atoms with van der Waals surface area (Å²) in [6, 6.07) is 4.20. The van der Waals surface area contributed by atoms with Gasteiger partial charge in [0.15, 0.2) is 0 Å². The van der Waals surface area contributed by atoms with Gasteiger partial charge < -0.3 is 9.84 Å². The van der Waals surface area contributed by atoms with Gasteiger partial charge >= 0.3 is 12.1 Å². The summed E-state index contributed by atoms with van der Waals surface area (Å²) in [5, 5.41) is 8.68. The zero-order valence-electron chi connectivity index (χ0n) is 8.64. The van der Waals surface area contributed by atoms with E-state index in [-0.39, 0.29) is 5.75 Å². The lowest BCUT2D eigenvalue weighted by Crippen LogP contribution is -2.39. The van der Waals surface area contributed by atoms with Gasteiger partial charge in [-0.2, -0.15) is 13.2 Å². The Balaban J connectivity index is 2.16. The number of carbonyl (C=O) groups excluding carboxylic acids is 1. The van der Waals surface area contributed by atoms with Crippen LogP contribution in [0.25, 0.3) is 10.2 Å². The molecule has 1 aromatic carbocycles. The largest absolute Gasteiger partial charge is 0.425 e. The predicted octanol–water partition coefficient (Wildman–Crippen LogP) is 2.12. The van der Waals surface area contributed by atoms with Crippen LogP contribution in [-0.4, -0.2) is 28.3 Å². The molecule has 0 fully saturated rings. The molecule has 8 heteroatoms. The van der Waals surface area contributed by atoms with Crippen LogP contribution < -0.4 is 4.74 Å². The van der Waals surface area contributed by atoms with Crippen LogP contribution in [0.3, 0.4) is 0 Å². The first-order valence-electron chi connectivity index (χ1n) is 4.67. The third kappa shape index (κ3) is 2.59. The minimum atomic E-state index is -5.04. The van der Waals surface area contributed by atoms with Crippen LogP contribution >= 0.6 is 11.3 Å². The number of aliphatic hydroxyl groups excluding tert-OH is 1. The van der Waals surface area contributed by atoms with Crippen molar-refractivity contribution in [2.24, 2.45) is 0 Å². The molecule has 18 heavy (non-hydrogen) atoms. The van der Waals surface area contributed by atoms with Crippen molar-refractivity contribution in [1.29, 1.82) is 0 Å². The maximum absolute atomic E-state index is 12.0. The molecule has 1 N–H and O–H groups in total. The molecule has 2 aromatic rings. The summed E-state index contributed by atoms with van der Waals surface area (Å²) in [6.45, 7) is 0. The number of benzene rings is 1. The van der Waals surface area contributed by atoms with Crippen molar-refractivity contribution in [3.63, 3.8) is 0 Å². The van der Waals surface area contributed by atoms with Crippen molar-refractivity contribution in [3.8, 4) is 5.75 Å². The van der Waals surface area contributed by atoms with Crippen LogP contribution in [0.1, 0.15) is 0 Å². The standard InChI is InChI=1S/C10H6F3NO3S/c11-10(12,13)8(15)9(16)17-5-1-2-6-7(3-5)18-4-14-6/h1-4,8,15H. The quantitative estimate of drug-likeness (QED) is 0.674. The zero-order valence-corrected chi connectivity index (χ0v) is 9.46. The first-order chi connectivity index (χ1) is 8.38. The number of aromatic nitrogens is 1. The smallest absolute Gasteiger partial charge is 0.424 e. The fraction of sp³-hybridized carbons (Fsp3) is 0.200. The van der Waals surface area contributed by atoms with Gasteiger partial charge in [0.1, 0.15) is 5.75 Å². The Kier molecular flexibility index (Phi) is 3.22. The summed E-state index contributed by atoms with van der Waals surface area (Å²) < 4.78 is 41.3. The lowest BCUT2D eigenvalue weighted by molar-refractivity contribution is -0.212. The number of rotatable bonds is 2. The molecule has 4 nitrogen and oxygen atoms in total. The van der Waals surface area contributed by atoms with E-state index in [2.05, 4.69) is 9.72 Å². The lowest BCUT2D eigenvalue weighted by Gasteiger charge is -2.13. The van der Waals surface area contributed by atoms with Crippen LogP contribution in [0, 0.1) is 0 Å². The van der Waals surface area contributed by atoms with Gasteiger partial charge in [-0.1, -0.05) is 0 Å². The number of esters is 1. The summed E-state index contributed by atoms with van der Waals surface area (Å²) in [7, 11) is 0. The van der Waals surface area contributed by atoms with E-state index in [0.717, 1.165) is 0 Å². The topological polar surface area (TPSA) is 59.4 Å². The van der Waals surface area contributed by atoms with Crippen LogP contribution in [0.4, 0.5) is 13.2 Å². The zero-order chi connectivity index (χ0) is 13.3. The van der Waals surface area contributed by atoms with Crippen molar-refractivity contribution < 1.29 is 27.8 Å². The van der Waals surface area contributed by atoms with Gasteiger partial charge in [0.05, 0.1) is 15.7 Å². The summed E-state index contributed by atoms with van der Waals surface area (Å²) >= 11 is 1.26. The van der Waals surface area contributed by atoms with Gasteiger partial charge in [-0.3, -0.25) is 0 Å². The van der Waals surface area contributed by atoms with E-state index in [1.807, 2.05) is 0 Å². The SMILES string of the molecule is O=C(Oc1ccc2ncsc2c1)C(O)C(F)(F)F. The molecule has 0 aliphatic rings. The van der Waals surface area contributed by atoms with E-state index in [1.54, 1.807) is 5.51 Å². The summed E-state index contributed by atoms with van der Waals surface area (Å²) in [5.74, 6) is -1.83. The molecule has 0 radical (unpaired) electrons. The van der Waals surface area contributed by atoms with Crippen LogP contribution in [-0.2, 0) is 4.79 Å². The number of fused-ring (bicyclic) bond motifs is 1. The number of ether oxygens (including phenoxy) is 1. The Morgan fingerprint density at radius 3 is 2.83 bits per heavy atom. The minimum absolute atomic E-state index is 0.0694. The summed E-state index contributed by atoms with van der Waals surface area (Å²) in [4.78, 5) is 15.0. The van der Waals surface area contributed by atoms with E-state index < -0.39 is 18.2 Å². The molecule has 96 valence electrons. The van der Waals surface area contributed by atoms with Crippen molar-refractivity contribution in [1.82, 2.24) is 4.98 Å². The third-order valence-corrected chi connectivity index (χ3v) is 2.85. The van der Waals surface area contributed by atoms with Crippen molar-refractivity contribution in [3.05, 3.63) is 23.7 Å². The third-order valence-electron chi connectivity index (χ3n) is 2.05. The molecule has 1 heterocycles. The highest BCUT2D eigenvalue weighted by Gasteiger charge is 2.45. The Morgan fingerprint density at radius 2 is 2.17 bits per heavy atom. The number of alkyl halides is 3. The number of halogens is 3. The fourth-order valence-corrected chi connectivity index (χ4v) is 1.91. The number of carbonyl (C=O) groups is 1. The van der Waals surface area contributed by atoms with Crippen molar-refractivity contribution >= 4 is 27.5 Å². The summed E-state index contributed by atoms with van der Waals surface area (Å²) in [5.41, 5.74) is 2.21. The van der Waals surface area contributed by atoms with Crippen LogP contribution in [0.15, 0.2) is 23.7 Å². The predicted molar refractivity (Wildman–Crippen MR) is 57.3 cm³/mol. The second-order valence-electron chi connectivity index (χ2n) is 3.35. The van der Waals surface area contributed by atoms with E-state index in [1.165, 1.54) is 29.5 Å². The van der Waals surface area contributed by atoms with Gasteiger partial charge in [-0.15, -0.1) is 11.3 Å². The molecule has 2 rings (SSSR count). The van der Waals surface area contributed by atoms with Crippen LogP contribution in [0.5, 0.6) is 5.75 Å². The highest BCUT2D eigenvalue weighted by atomic mass is 32.1. The minimum Gasteiger partial charge on any atom is -0.424 e. The molecule has 0 aliphatic heterocycles. The van der Waals surface area contributed by atoms with E-state index >= 15 is 0 Å².